The largest absolute Gasteiger partial charge is 0.493 e. The van der Waals surface area contributed by atoms with E-state index >= 15 is 0 Å². The quantitative estimate of drug-likeness (QED) is 0.419. The van der Waals surface area contributed by atoms with Gasteiger partial charge in [0, 0.05) is 32.9 Å². The molecule has 0 aliphatic heterocycles. The molecule has 3 aromatic carbocycles. The topological polar surface area (TPSA) is 30.5 Å². The summed E-state index contributed by atoms with van der Waals surface area (Å²) >= 11 is 9.78. The molecule has 1 N–H and O–H groups in total. The molecule has 28 heavy (non-hydrogen) atoms. The van der Waals surface area contributed by atoms with Gasteiger partial charge in [0.1, 0.15) is 12.4 Å². The lowest BCUT2D eigenvalue weighted by Crippen LogP contribution is -2.07. The van der Waals surface area contributed by atoms with E-state index in [-0.39, 0.29) is 12.4 Å². The maximum atomic E-state index is 13.9. The summed E-state index contributed by atoms with van der Waals surface area (Å²) in [6.45, 7) is 2.53. The van der Waals surface area contributed by atoms with Crippen molar-refractivity contribution in [1.82, 2.24) is 0 Å². The standard InChI is InChI=1S/C22H20BrClFNO2/c1-14-7-8-16(11-19(14)24)26-12-17-18(23)9-10-21(27-2)22(17)28-13-15-5-3-4-6-20(15)25/h3-11,26H,12-13H2,1-2H3. The average molecular weight is 465 g/mol. The lowest BCUT2D eigenvalue weighted by atomic mass is 10.1. The minimum Gasteiger partial charge on any atom is -0.493 e. The van der Waals surface area contributed by atoms with Crippen LogP contribution in [0.25, 0.3) is 0 Å². The summed E-state index contributed by atoms with van der Waals surface area (Å²) < 4.78 is 26.2. The van der Waals surface area contributed by atoms with Gasteiger partial charge < -0.3 is 14.8 Å². The van der Waals surface area contributed by atoms with E-state index in [1.54, 1.807) is 25.3 Å². The Bertz CT molecular complexity index is 981. The van der Waals surface area contributed by atoms with Gasteiger partial charge in [0.05, 0.1) is 7.11 Å². The highest BCUT2D eigenvalue weighted by Gasteiger charge is 2.16. The maximum absolute atomic E-state index is 13.9. The average Bonchev–Trinajstić information content (AvgIpc) is 2.69. The van der Waals surface area contributed by atoms with E-state index in [4.69, 9.17) is 21.1 Å². The molecule has 0 heterocycles. The molecule has 0 spiro atoms. The first-order valence-electron chi connectivity index (χ1n) is 8.71. The van der Waals surface area contributed by atoms with Crippen molar-refractivity contribution < 1.29 is 13.9 Å². The summed E-state index contributed by atoms with van der Waals surface area (Å²) in [6.07, 6.45) is 0. The van der Waals surface area contributed by atoms with Gasteiger partial charge in [0.25, 0.3) is 0 Å². The van der Waals surface area contributed by atoms with Gasteiger partial charge in [-0.05, 0) is 42.8 Å². The number of methoxy groups -OCH3 is 1. The first-order valence-corrected chi connectivity index (χ1v) is 9.88. The number of nitrogens with one attached hydrogen (secondary N) is 1. The second-order valence-corrected chi connectivity index (χ2v) is 7.52. The molecule has 146 valence electrons. The van der Waals surface area contributed by atoms with Crippen molar-refractivity contribution in [1.29, 1.82) is 0 Å². The zero-order valence-electron chi connectivity index (χ0n) is 15.6. The third kappa shape index (κ3) is 4.78. The zero-order chi connectivity index (χ0) is 20.1. The molecule has 0 saturated heterocycles. The van der Waals surface area contributed by atoms with Crippen molar-refractivity contribution in [3.8, 4) is 11.5 Å². The molecule has 3 rings (SSSR count). The third-order valence-corrected chi connectivity index (χ3v) is 5.51. The van der Waals surface area contributed by atoms with Crippen molar-refractivity contribution in [2.45, 2.75) is 20.1 Å². The van der Waals surface area contributed by atoms with Crippen molar-refractivity contribution >= 4 is 33.2 Å². The Labute approximate surface area is 177 Å². The van der Waals surface area contributed by atoms with Crippen LogP contribution in [0.5, 0.6) is 11.5 Å². The van der Waals surface area contributed by atoms with Crippen LogP contribution in [0.15, 0.2) is 59.1 Å². The van der Waals surface area contributed by atoms with Crippen LogP contribution in [0.2, 0.25) is 5.02 Å². The molecule has 0 unspecified atom stereocenters. The Balaban J connectivity index is 1.85. The summed E-state index contributed by atoms with van der Waals surface area (Å²) in [5.41, 5.74) is 3.26. The van der Waals surface area contributed by atoms with Crippen LogP contribution in [-0.2, 0) is 13.2 Å². The molecule has 3 nitrogen and oxygen atoms in total. The van der Waals surface area contributed by atoms with Crippen molar-refractivity contribution in [3.63, 3.8) is 0 Å². The number of ether oxygens (including phenoxy) is 2. The van der Waals surface area contributed by atoms with E-state index in [1.807, 2.05) is 37.3 Å². The van der Waals surface area contributed by atoms with Gasteiger partial charge in [-0.25, -0.2) is 4.39 Å². The Hall–Kier alpha value is -2.24. The van der Waals surface area contributed by atoms with E-state index in [0.29, 0.717) is 28.6 Å². The normalized spacial score (nSPS) is 10.6. The van der Waals surface area contributed by atoms with Gasteiger partial charge >= 0.3 is 0 Å². The molecular weight excluding hydrogens is 445 g/mol. The number of anilines is 1. The van der Waals surface area contributed by atoms with Crippen molar-refractivity contribution in [2.24, 2.45) is 0 Å². The highest BCUT2D eigenvalue weighted by Crippen LogP contribution is 2.37. The minimum absolute atomic E-state index is 0.100. The summed E-state index contributed by atoms with van der Waals surface area (Å²) in [6, 6.07) is 16.1. The van der Waals surface area contributed by atoms with Crippen molar-refractivity contribution in [2.75, 3.05) is 12.4 Å². The first kappa shape index (κ1) is 20.5. The summed E-state index contributed by atoms with van der Waals surface area (Å²) in [4.78, 5) is 0. The highest BCUT2D eigenvalue weighted by atomic mass is 79.9. The van der Waals surface area contributed by atoms with Crippen LogP contribution in [0.3, 0.4) is 0 Å². The van der Waals surface area contributed by atoms with Gasteiger partial charge in [-0.3, -0.25) is 0 Å². The van der Waals surface area contributed by atoms with E-state index in [1.165, 1.54) is 6.07 Å². The summed E-state index contributed by atoms with van der Waals surface area (Å²) in [7, 11) is 1.58. The predicted octanol–water partition coefficient (Wildman–Crippen LogP) is 6.75. The fourth-order valence-corrected chi connectivity index (χ4v) is 3.36. The number of aryl methyl sites for hydroxylation is 1. The smallest absolute Gasteiger partial charge is 0.167 e. The van der Waals surface area contributed by atoms with E-state index in [0.717, 1.165) is 21.3 Å². The Morgan fingerprint density at radius 1 is 1.11 bits per heavy atom. The van der Waals surface area contributed by atoms with E-state index in [9.17, 15) is 4.39 Å². The molecule has 0 saturated carbocycles. The predicted molar refractivity (Wildman–Crippen MR) is 115 cm³/mol. The molecule has 0 fully saturated rings. The Morgan fingerprint density at radius 2 is 1.89 bits per heavy atom. The van der Waals surface area contributed by atoms with Gasteiger partial charge in [0.15, 0.2) is 11.5 Å². The number of halogens is 3. The van der Waals surface area contributed by atoms with E-state index < -0.39 is 0 Å². The lowest BCUT2D eigenvalue weighted by molar-refractivity contribution is 0.276. The summed E-state index contributed by atoms with van der Waals surface area (Å²) in [5, 5.41) is 4.05. The second kappa shape index (κ2) is 9.30. The molecule has 0 aromatic heterocycles. The molecule has 0 aliphatic rings. The highest BCUT2D eigenvalue weighted by molar-refractivity contribution is 9.10. The van der Waals surface area contributed by atoms with Crippen LogP contribution >= 0.6 is 27.5 Å². The second-order valence-electron chi connectivity index (χ2n) is 6.25. The Morgan fingerprint density at radius 3 is 2.61 bits per heavy atom. The Kier molecular flexibility index (Phi) is 6.81. The van der Waals surface area contributed by atoms with Crippen LogP contribution in [-0.4, -0.2) is 7.11 Å². The fourth-order valence-electron chi connectivity index (χ4n) is 2.72. The monoisotopic (exact) mass is 463 g/mol. The molecule has 3 aromatic rings. The van der Waals surface area contributed by atoms with Gasteiger partial charge in [-0.15, -0.1) is 0 Å². The van der Waals surface area contributed by atoms with Crippen LogP contribution < -0.4 is 14.8 Å². The van der Waals surface area contributed by atoms with Crippen LogP contribution in [0, 0.1) is 12.7 Å². The van der Waals surface area contributed by atoms with Crippen LogP contribution in [0.4, 0.5) is 10.1 Å². The van der Waals surface area contributed by atoms with Gasteiger partial charge in [-0.1, -0.05) is 51.8 Å². The molecular formula is C22H20BrClFNO2. The number of hydrogen-bond donors (Lipinski definition) is 1. The van der Waals surface area contributed by atoms with E-state index in [2.05, 4.69) is 21.2 Å². The lowest BCUT2D eigenvalue weighted by Gasteiger charge is -2.18. The number of hydrogen-bond acceptors (Lipinski definition) is 3. The van der Waals surface area contributed by atoms with Gasteiger partial charge in [0.2, 0.25) is 0 Å². The SMILES string of the molecule is COc1ccc(Br)c(CNc2ccc(C)c(Cl)c2)c1OCc1ccccc1F. The summed E-state index contributed by atoms with van der Waals surface area (Å²) in [5.74, 6) is 0.842. The molecule has 6 heteroatoms. The number of benzene rings is 3. The zero-order valence-corrected chi connectivity index (χ0v) is 17.9. The van der Waals surface area contributed by atoms with Crippen molar-refractivity contribution in [3.05, 3.63) is 86.6 Å². The van der Waals surface area contributed by atoms with Gasteiger partial charge in [-0.2, -0.15) is 0 Å². The molecule has 0 amide bonds. The maximum Gasteiger partial charge on any atom is 0.167 e. The molecule has 0 atom stereocenters. The molecule has 0 aliphatic carbocycles. The minimum atomic E-state index is -0.301. The fraction of sp³-hybridized carbons (Fsp3) is 0.182. The molecule has 0 radical (unpaired) electrons. The molecule has 0 bridgehead atoms. The third-order valence-electron chi connectivity index (χ3n) is 4.36. The number of rotatable bonds is 7. The van der Waals surface area contributed by atoms with Crippen LogP contribution in [0.1, 0.15) is 16.7 Å². The first-order chi connectivity index (χ1) is 13.5.